The fourth-order valence-corrected chi connectivity index (χ4v) is 5.28. The minimum absolute atomic E-state index is 0.0782. The Kier molecular flexibility index (Phi) is 4.31. The third kappa shape index (κ3) is 2.95. The highest BCUT2D eigenvalue weighted by Crippen LogP contribution is 2.38. The van der Waals surface area contributed by atoms with E-state index in [1.807, 2.05) is 16.2 Å². The summed E-state index contributed by atoms with van der Waals surface area (Å²) in [6.07, 6.45) is 10.8. The van der Waals surface area contributed by atoms with Crippen molar-refractivity contribution in [2.75, 3.05) is 37.6 Å². The Morgan fingerprint density at radius 3 is 2.83 bits per heavy atom. The molecule has 2 aliphatic heterocycles. The molecule has 3 heterocycles. The van der Waals surface area contributed by atoms with E-state index in [1.54, 1.807) is 4.90 Å². The molecule has 7 heteroatoms. The van der Waals surface area contributed by atoms with Crippen molar-refractivity contribution >= 4 is 22.4 Å². The summed E-state index contributed by atoms with van der Waals surface area (Å²) in [4.78, 5) is 24.1. The highest BCUT2D eigenvalue weighted by Gasteiger charge is 2.37. The first-order valence-corrected chi connectivity index (χ1v) is 9.71. The highest BCUT2D eigenvalue weighted by atomic mass is 32.1. The maximum absolute atomic E-state index is 12.2. The highest BCUT2D eigenvalue weighted by molar-refractivity contribution is 7.15. The molecule has 6 nitrogen and oxygen atoms in total. The zero-order chi connectivity index (χ0) is 16.5. The van der Waals surface area contributed by atoms with Crippen molar-refractivity contribution < 1.29 is 4.79 Å². The molecule has 128 valence electrons. The van der Waals surface area contributed by atoms with Gasteiger partial charge in [-0.3, -0.25) is 9.69 Å². The SMILES string of the molecule is N#CN1CC(=O)N2CCN(c3ncc(C4CCCCC4)s3)C[C@@H]2C1. The van der Waals surface area contributed by atoms with E-state index in [0.29, 0.717) is 12.5 Å². The number of hydrogen-bond donors (Lipinski definition) is 0. The zero-order valence-electron chi connectivity index (χ0n) is 13.9. The van der Waals surface area contributed by atoms with E-state index in [1.165, 1.54) is 37.0 Å². The molecule has 1 amide bonds. The van der Waals surface area contributed by atoms with Crippen molar-refractivity contribution in [1.29, 1.82) is 5.26 Å². The summed E-state index contributed by atoms with van der Waals surface area (Å²) in [6.45, 7) is 3.23. The van der Waals surface area contributed by atoms with Gasteiger partial charge in [0.2, 0.25) is 5.91 Å². The van der Waals surface area contributed by atoms with Gasteiger partial charge >= 0.3 is 0 Å². The van der Waals surface area contributed by atoms with Gasteiger partial charge in [0.15, 0.2) is 11.3 Å². The quantitative estimate of drug-likeness (QED) is 0.767. The summed E-state index contributed by atoms with van der Waals surface area (Å²) in [7, 11) is 0. The van der Waals surface area contributed by atoms with Crippen LogP contribution in [0.4, 0.5) is 5.13 Å². The van der Waals surface area contributed by atoms with Crippen molar-refractivity contribution in [3.8, 4) is 6.19 Å². The third-order valence-electron chi connectivity index (χ3n) is 5.49. The third-order valence-corrected chi connectivity index (χ3v) is 6.71. The average molecular weight is 345 g/mol. The number of carbonyl (C=O) groups excluding carboxylic acids is 1. The lowest BCUT2D eigenvalue weighted by Crippen LogP contribution is -2.63. The van der Waals surface area contributed by atoms with Crippen LogP contribution in [0.1, 0.15) is 42.9 Å². The van der Waals surface area contributed by atoms with E-state index in [4.69, 9.17) is 5.26 Å². The summed E-state index contributed by atoms with van der Waals surface area (Å²) in [5, 5.41) is 10.2. The van der Waals surface area contributed by atoms with Crippen molar-refractivity contribution in [2.45, 2.75) is 44.1 Å². The average Bonchev–Trinajstić information content (AvgIpc) is 3.12. The van der Waals surface area contributed by atoms with Crippen LogP contribution in [0.2, 0.25) is 0 Å². The first kappa shape index (κ1) is 15.7. The lowest BCUT2D eigenvalue weighted by Gasteiger charge is -2.45. The smallest absolute Gasteiger partial charge is 0.243 e. The Hall–Kier alpha value is -1.81. The molecule has 1 aromatic rings. The second-order valence-electron chi connectivity index (χ2n) is 7.05. The molecule has 1 saturated carbocycles. The summed E-state index contributed by atoms with van der Waals surface area (Å²) >= 11 is 1.83. The van der Waals surface area contributed by atoms with Gasteiger partial charge in [0, 0.05) is 30.7 Å². The minimum atomic E-state index is 0.0782. The molecular formula is C17H23N5OS. The van der Waals surface area contributed by atoms with Crippen LogP contribution in [-0.2, 0) is 4.79 Å². The molecule has 0 N–H and O–H groups in total. The Balaban J connectivity index is 1.45. The molecule has 1 atom stereocenters. The van der Waals surface area contributed by atoms with Crippen molar-refractivity contribution in [3.05, 3.63) is 11.1 Å². The molecule has 0 aromatic carbocycles. The van der Waals surface area contributed by atoms with Gasteiger partial charge < -0.3 is 9.80 Å². The summed E-state index contributed by atoms with van der Waals surface area (Å²) in [5.74, 6) is 0.770. The van der Waals surface area contributed by atoms with Crippen LogP contribution in [0.3, 0.4) is 0 Å². The van der Waals surface area contributed by atoms with Crippen molar-refractivity contribution in [3.63, 3.8) is 0 Å². The Morgan fingerprint density at radius 1 is 1.21 bits per heavy atom. The molecule has 0 radical (unpaired) electrons. The maximum Gasteiger partial charge on any atom is 0.243 e. The van der Waals surface area contributed by atoms with Crippen LogP contribution in [0.5, 0.6) is 0 Å². The van der Waals surface area contributed by atoms with Crippen molar-refractivity contribution in [1.82, 2.24) is 14.8 Å². The number of carbonyl (C=O) groups is 1. The maximum atomic E-state index is 12.2. The number of anilines is 1. The first-order chi connectivity index (χ1) is 11.7. The molecular weight excluding hydrogens is 322 g/mol. The monoisotopic (exact) mass is 345 g/mol. The van der Waals surface area contributed by atoms with Gasteiger partial charge in [0.25, 0.3) is 0 Å². The molecule has 4 rings (SSSR count). The molecule has 3 aliphatic rings. The molecule has 2 saturated heterocycles. The number of hydrogen-bond acceptors (Lipinski definition) is 6. The Bertz CT molecular complexity index is 648. The predicted molar refractivity (Wildman–Crippen MR) is 92.8 cm³/mol. The molecule has 0 spiro atoms. The van der Waals surface area contributed by atoms with Crippen LogP contribution in [0.15, 0.2) is 6.20 Å². The number of amides is 1. The van der Waals surface area contributed by atoms with E-state index >= 15 is 0 Å². The normalized spacial score (nSPS) is 25.5. The Labute approximate surface area is 146 Å². The van der Waals surface area contributed by atoms with Gasteiger partial charge in [-0.15, -0.1) is 11.3 Å². The number of rotatable bonds is 2. The summed E-state index contributed by atoms with van der Waals surface area (Å²) < 4.78 is 0. The molecule has 0 unspecified atom stereocenters. The molecule has 0 bridgehead atoms. The topological polar surface area (TPSA) is 63.5 Å². The van der Waals surface area contributed by atoms with Crippen LogP contribution < -0.4 is 4.90 Å². The van der Waals surface area contributed by atoms with E-state index in [-0.39, 0.29) is 18.5 Å². The second-order valence-corrected chi connectivity index (χ2v) is 8.09. The van der Waals surface area contributed by atoms with Gasteiger partial charge in [-0.05, 0) is 18.8 Å². The van der Waals surface area contributed by atoms with Gasteiger partial charge in [-0.2, -0.15) is 5.26 Å². The number of nitriles is 1. The number of nitrogens with zero attached hydrogens (tertiary/aromatic N) is 5. The summed E-state index contributed by atoms with van der Waals surface area (Å²) in [6, 6.07) is 0.0988. The van der Waals surface area contributed by atoms with Crippen molar-refractivity contribution in [2.24, 2.45) is 0 Å². The number of piperazine rings is 2. The van der Waals surface area contributed by atoms with Gasteiger partial charge in [0.05, 0.1) is 12.6 Å². The van der Waals surface area contributed by atoms with Crippen LogP contribution in [0, 0.1) is 11.5 Å². The van der Waals surface area contributed by atoms with Gasteiger partial charge in [0.1, 0.15) is 6.54 Å². The number of aromatic nitrogens is 1. The lowest BCUT2D eigenvalue weighted by atomic mass is 9.89. The first-order valence-electron chi connectivity index (χ1n) is 8.89. The second kappa shape index (κ2) is 6.60. The Morgan fingerprint density at radius 2 is 2.04 bits per heavy atom. The standard InChI is InChI=1S/C17H23N5OS/c18-12-20-9-14-10-21(6-7-22(14)16(23)11-20)17-19-8-15(24-17)13-4-2-1-3-5-13/h8,13-14H,1-7,9-11H2/t14-/m0/s1. The van der Waals surface area contributed by atoms with Crippen LogP contribution in [-0.4, -0.2) is 59.5 Å². The van der Waals surface area contributed by atoms with Crippen LogP contribution in [0.25, 0.3) is 0 Å². The van der Waals surface area contributed by atoms with Crippen LogP contribution >= 0.6 is 11.3 Å². The predicted octanol–water partition coefficient (Wildman–Crippen LogP) is 2.00. The number of fused-ring (bicyclic) bond motifs is 1. The molecule has 3 fully saturated rings. The van der Waals surface area contributed by atoms with E-state index in [2.05, 4.69) is 22.3 Å². The molecule has 1 aliphatic carbocycles. The molecule has 24 heavy (non-hydrogen) atoms. The fraction of sp³-hybridized carbons (Fsp3) is 0.706. The zero-order valence-corrected chi connectivity index (χ0v) is 14.7. The van der Waals surface area contributed by atoms with E-state index in [9.17, 15) is 4.79 Å². The molecule has 1 aromatic heterocycles. The fourth-order valence-electron chi connectivity index (χ4n) is 4.16. The van der Waals surface area contributed by atoms with Gasteiger partial charge in [-0.25, -0.2) is 4.98 Å². The largest absolute Gasteiger partial charge is 0.344 e. The summed E-state index contributed by atoms with van der Waals surface area (Å²) in [5.41, 5.74) is 0. The van der Waals surface area contributed by atoms with E-state index in [0.717, 1.165) is 24.8 Å². The van der Waals surface area contributed by atoms with E-state index < -0.39 is 0 Å². The minimum Gasteiger partial charge on any atom is -0.344 e. The lowest BCUT2D eigenvalue weighted by molar-refractivity contribution is -0.138. The number of thiazole rings is 1. The van der Waals surface area contributed by atoms with Gasteiger partial charge in [-0.1, -0.05) is 19.3 Å².